The lowest BCUT2D eigenvalue weighted by atomic mass is 10.2. The predicted octanol–water partition coefficient (Wildman–Crippen LogP) is 3.66. The van der Waals surface area contributed by atoms with Gasteiger partial charge in [-0.05, 0) is 42.0 Å². The normalized spacial score (nSPS) is 10.4. The molecule has 0 fully saturated rings. The third-order valence-electron chi connectivity index (χ3n) is 3.27. The molecule has 7 heteroatoms. The molecule has 0 atom stereocenters. The van der Waals surface area contributed by atoms with E-state index in [0.717, 1.165) is 10.0 Å². The molecule has 0 spiro atoms. The Bertz CT molecular complexity index is 819. The van der Waals surface area contributed by atoms with Crippen LogP contribution in [0.5, 0.6) is 11.5 Å². The van der Waals surface area contributed by atoms with Crippen molar-refractivity contribution in [2.75, 3.05) is 26.1 Å². The molecule has 0 aliphatic carbocycles. The largest absolute Gasteiger partial charge is 0.493 e. The maximum absolute atomic E-state index is 11.8. The lowest BCUT2D eigenvalue weighted by molar-refractivity contribution is -0.142. The smallest absolute Gasteiger partial charge is 0.331 e. The van der Waals surface area contributed by atoms with E-state index in [1.54, 1.807) is 49.6 Å². The summed E-state index contributed by atoms with van der Waals surface area (Å²) in [5.41, 5.74) is 1.35. The Morgan fingerprint density at radius 3 is 2.54 bits per heavy atom. The Morgan fingerprint density at radius 1 is 1.08 bits per heavy atom. The average molecular weight is 420 g/mol. The lowest BCUT2D eigenvalue weighted by Crippen LogP contribution is -2.20. The van der Waals surface area contributed by atoms with Crippen LogP contribution in [0.25, 0.3) is 6.08 Å². The zero-order chi connectivity index (χ0) is 18.9. The van der Waals surface area contributed by atoms with E-state index in [2.05, 4.69) is 21.2 Å². The number of nitrogens with one attached hydrogen (secondary N) is 1. The van der Waals surface area contributed by atoms with Gasteiger partial charge in [-0.25, -0.2) is 4.79 Å². The number of carbonyl (C=O) groups excluding carboxylic acids is 2. The second-order valence-corrected chi connectivity index (χ2v) is 6.03. The molecule has 0 saturated carbocycles. The standard InChI is InChI=1S/C19H18BrNO5/c1-24-16-8-6-13(10-17(16)25-2)7-9-19(23)26-12-18(22)21-15-5-3-4-14(20)11-15/h3-11H,12H2,1-2H3,(H,21,22). The predicted molar refractivity (Wildman–Crippen MR) is 102 cm³/mol. The highest BCUT2D eigenvalue weighted by Gasteiger charge is 2.07. The molecule has 0 bridgehead atoms. The summed E-state index contributed by atoms with van der Waals surface area (Å²) in [6, 6.07) is 12.3. The minimum Gasteiger partial charge on any atom is -0.493 e. The van der Waals surface area contributed by atoms with E-state index >= 15 is 0 Å². The van der Waals surface area contributed by atoms with Crippen molar-refractivity contribution >= 4 is 39.6 Å². The van der Waals surface area contributed by atoms with Crippen molar-refractivity contribution in [2.45, 2.75) is 0 Å². The number of hydrogen-bond acceptors (Lipinski definition) is 5. The summed E-state index contributed by atoms with van der Waals surface area (Å²) in [5, 5.41) is 2.64. The van der Waals surface area contributed by atoms with E-state index in [4.69, 9.17) is 14.2 Å². The fourth-order valence-corrected chi connectivity index (χ4v) is 2.47. The van der Waals surface area contributed by atoms with Gasteiger partial charge in [0.15, 0.2) is 18.1 Å². The summed E-state index contributed by atoms with van der Waals surface area (Å²) in [6.07, 6.45) is 2.81. The summed E-state index contributed by atoms with van der Waals surface area (Å²) >= 11 is 3.31. The van der Waals surface area contributed by atoms with Gasteiger partial charge in [-0.15, -0.1) is 0 Å². The molecule has 0 heterocycles. The van der Waals surface area contributed by atoms with Crippen molar-refractivity contribution < 1.29 is 23.8 Å². The number of methoxy groups -OCH3 is 2. The maximum Gasteiger partial charge on any atom is 0.331 e. The van der Waals surface area contributed by atoms with Gasteiger partial charge in [0.05, 0.1) is 14.2 Å². The molecule has 0 aliphatic heterocycles. The van der Waals surface area contributed by atoms with Crippen molar-refractivity contribution in [1.29, 1.82) is 0 Å². The van der Waals surface area contributed by atoms with Crippen LogP contribution >= 0.6 is 15.9 Å². The topological polar surface area (TPSA) is 73.9 Å². The van der Waals surface area contributed by atoms with Gasteiger partial charge in [-0.2, -0.15) is 0 Å². The summed E-state index contributed by atoms with van der Waals surface area (Å²) in [5.74, 6) is 0.105. The van der Waals surface area contributed by atoms with Gasteiger partial charge in [0.25, 0.3) is 5.91 Å². The molecular formula is C19H18BrNO5. The Hall–Kier alpha value is -2.80. The van der Waals surface area contributed by atoms with Crippen LogP contribution in [0.2, 0.25) is 0 Å². The first-order valence-electron chi connectivity index (χ1n) is 7.64. The van der Waals surface area contributed by atoms with Gasteiger partial charge in [-0.1, -0.05) is 28.1 Å². The molecule has 2 aromatic rings. The Labute approximate surface area is 159 Å². The number of benzene rings is 2. The van der Waals surface area contributed by atoms with Crippen molar-refractivity contribution in [3.8, 4) is 11.5 Å². The SMILES string of the molecule is COc1ccc(C=CC(=O)OCC(=O)Nc2cccc(Br)c2)cc1OC. The van der Waals surface area contributed by atoms with E-state index < -0.39 is 11.9 Å². The Kier molecular flexibility index (Phi) is 7.23. The fraction of sp³-hybridized carbons (Fsp3) is 0.158. The number of carbonyl (C=O) groups is 2. The van der Waals surface area contributed by atoms with Crippen molar-refractivity contribution in [3.05, 3.63) is 58.6 Å². The van der Waals surface area contributed by atoms with Crippen molar-refractivity contribution in [2.24, 2.45) is 0 Å². The molecule has 136 valence electrons. The number of ether oxygens (including phenoxy) is 3. The first-order chi connectivity index (χ1) is 12.5. The number of hydrogen-bond donors (Lipinski definition) is 1. The molecule has 2 aromatic carbocycles. The quantitative estimate of drug-likeness (QED) is 0.547. The van der Waals surface area contributed by atoms with Gasteiger partial charge < -0.3 is 19.5 Å². The zero-order valence-corrected chi connectivity index (χ0v) is 15.9. The first-order valence-corrected chi connectivity index (χ1v) is 8.43. The third kappa shape index (κ3) is 5.93. The van der Waals surface area contributed by atoms with E-state index in [0.29, 0.717) is 17.2 Å². The van der Waals surface area contributed by atoms with Gasteiger partial charge >= 0.3 is 5.97 Å². The summed E-state index contributed by atoms with van der Waals surface area (Å²) in [6.45, 7) is -0.373. The molecule has 0 saturated heterocycles. The molecule has 6 nitrogen and oxygen atoms in total. The second kappa shape index (κ2) is 9.62. The molecule has 0 unspecified atom stereocenters. The number of amides is 1. The number of anilines is 1. The fourth-order valence-electron chi connectivity index (χ4n) is 2.07. The van der Waals surface area contributed by atoms with Crippen LogP contribution < -0.4 is 14.8 Å². The van der Waals surface area contributed by atoms with Crippen molar-refractivity contribution in [1.82, 2.24) is 0 Å². The minimum absolute atomic E-state index is 0.373. The van der Waals surface area contributed by atoms with E-state index in [9.17, 15) is 9.59 Å². The molecular weight excluding hydrogens is 402 g/mol. The van der Waals surface area contributed by atoms with Crippen LogP contribution in [0.3, 0.4) is 0 Å². The van der Waals surface area contributed by atoms with Crippen molar-refractivity contribution in [3.63, 3.8) is 0 Å². The summed E-state index contributed by atoms with van der Waals surface area (Å²) < 4.78 is 16.1. The van der Waals surface area contributed by atoms with E-state index in [-0.39, 0.29) is 6.61 Å². The van der Waals surface area contributed by atoms with Crippen LogP contribution in [0.4, 0.5) is 5.69 Å². The maximum atomic E-state index is 11.8. The van der Waals surface area contributed by atoms with E-state index in [1.807, 2.05) is 6.07 Å². The molecule has 0 aromatic heterocycles. The highest BCUT2D eigenvalue weighted by Crippen LogP contribution is 2.27. The van der Waals surface area contributed by atoms with Crippen LogP contribution in [-0.2, 0) is 14.3 Å². The zero-order valence-electron chi connectivity index (χ0n) is 14.3. The van der Waals surface area contributed by atoms with Gasteiger partial charge in [0.1, 0.15) is 0 Å². The van der Waals surface area contributed by atoms with E-state index in [1.165, 1.54) is 13.2 Å². The average Bonchev–Trinajstić information content (AvgIpc) is 2.64. The van der Waals surface area contributed by atoms with Gasteiger partial charge in [0, 0.05) is 16.2 Å². The number of halogens is 1. The minimum atomic E-state index is -0.621. The lowest BCUT2D eigenvalue weighted by Gasteiger charge is -2.07. The summed E-state index contributed by atoms with van der Waals surface area (Å²) in [7, 11) is 3.08. The van der Waals surface area contributed by atoms with Gasteiger partial charge in [-0.3, -0.25) is 4.79 Å². The molecule has 1 amide bonds. The number of rotatable bonds is 7. The van der Waals surface area contributed by atoms with Crippen LogP contribution in [0.15, 0.2) is 53.0 Å². The summed E-state index contributed by atoms with van der Waals surface area (Å²) in [4.78, 5) is 23.6. The highest BCUT2D eigenvalue weighted by atomic mass is 79.9. The van der Waals surface area contributed by atoms with Gasteiger partial charge in [0.2, 0.25) is 0 Å². The Morgan fingerprint density at radius 2 is 1.85 bits per heavy atom. The van der Waals surface area contributed by atoms with Crippen LogP contribution in [0.1, 0.15) is 5.56 Å². The second-order valence-electron chi connectivity index (χ2n) is 5.11. The Balaban J connectivity index is 1.86. The highest BCUT2D eigenvalue weighted by molar-refractivity contribution is 9.10. The number of esters is 1. The first kappa shape index (κ1) is 19.5. The molecule has 0 radical (unpaired) electrons. The molecule has 2 rings (SSSR count). The molecule has 26 heavy (non-hydrogen) atoms. The monoisotopic (exact) mass is 419 g/mol. The van der Waals surface area contributed by atoms with Crippen LogP contribution in [0, 0.1) is 0 Å². The molecule has 0 aliphatic rings. The molecule has 1 N–H and O–H groups in total. The van der Waals surface area contributed by atoms with Crippen LogP contribution in [-0.4, -0.2) is 32.7 Å². The third-order valence-corrected chi connectivity index (χ3v) is 3.77.